The van der Waals surface area contributed by atoms with Gasteiger partial charge in [0.05, 0.1) is 0 Å². The van der Waals surface area contributed by atoms with Crippen molar-refractivity contribution in [3.05, 3.63) is 71.6 Å². The number of benzene rings is 2. The predicted molar refractivity (Wildman–Crippen MR) is 98.2 cm³/mol. The van der Waals surface area contributed by atoms with E-state index in [2.05, 4.69) is 32.6 Å². The molecule has 0 radical (unpaired) electrons. The Bertz CT molecular complexity index is 655. The Morgan fingerprint density at radius 3 is 2.57 bits per heavy atom. The van der Waals surface area contributed by atoms with Gasteiger partial charge in [0.25, 0.3) is 0 Å². The topological polar surface area (TPSA) is 0 Å². The van der Waals surface area contributed by atoms with Crippen molar-refractivity contribution in [3.8, 4) is 11.1 Å². The zero-order chi connectivity index (χ0) is 16.7. The molecule has 1 heteroatoms. The van der Waals surface area contributed by atoms with Gasteiger partial charge in [-0.2, -0.15) is 0 Å². The third-order valence-corrected chi connectivity index (χ3v) is 4.33. The van der Waals surface area contributed by atoms with E-state index in [0.29, 0.717) is 5.56 Å². The molecular weight excluding hydrogens is 283 g/mol. The number of halogens is 1. The van der Waals surface area contributed by atoms with Gasteiger partial charge in [-0.1, -0.05) is 62.8 Å². The summed E-state index contributed by atoms with van der Waals surface area (Å²) in [5, 5.41) is 0. The van der Waals surface area contributed by atoms with E-state index in [9.17, 15) is 4.39 Å². The molecule has 0 N–H and O–H groups in total. The van der Waals surface area contributed by atoms with Gasteiger partial charge in [-0.3, -0.25) is 0 Å². The molecule has 2 aromatic carbocycles. The van der Waals surface area contributed by atoms with Crippen LogP contribution in [0.2, 0.25) is 0 Å². The van der Waals surface area contributed by atoms with E-state index < -0.39 is 0 Å². The largest absolute Gasteiger partial charge is 0.206 e. The molecule has 0 saturated carbocycles. The SMILES string of the molecule is C=C(CCCC)CCc1cccc(-c2cc(CC)ccc2F)c1. The first-order valence-electron chi connectivity index (χ1n) is 8.68. The van der Waals surface area contributed by atoms with E-state index in [1.807, 2.05) is 24.3 Å². The maximum atomic E-state index is 14.2. The van der Waals surface area contributed by atoms with Gasteiger partial charge in [-0.05, 0) is 60.9 Å². The van der Waals surface area contributed by atoms with Crippen molar-refractivity contribution in [2.24, 2.45) is 0 Å². The Morgan fingerprint density at radius 2 is 1.83 bits per heavy atom. The molecule has 0 bridgehead atoms. The fourth-order valence-corrected chi connectivity index (χ4v) is 2.78. The lowest BCUT2D eigenvalue weighted by atomic mass is 9.96. The number of hydrogen-bond donors (Lipinski definition) is 0. The van der Waals surface area contributed by atoms with Gasteiger partial charge in [0.2, 0.25) is 0 Å². The lowest BCUT2D eigenvalue weighted by molar-refractivity contribution is 0.630. The molecule has 0 saturated heterocycles. The summed E-state index contributed by atoms with van der Waals surface area (Å²) in [6.07, 6.45) is 6.45. The highest BCUT2D eigenvalue weighted by molar-refractivity contribution is 5.65. The Balaban J connectivity index is 2.12. The maximum Gasteiger partial charge on any atom is 0.131 e. The first-order chi connectivity index (χ1) is 11.1. The number of hydrogen-bond acceptors (Lipinski definition) is 0. The van der Waals surface area contributed by atoms with Gasteiger partial charge in [-0.15, -0.1) is 0 Å². The molecule has 0 spiro atoms. The second kappa shape index (κ2) is 8.67. The average molecular weight is 310 g/mol. The van der Waals surface area contributed by atoms with Crippen LogP contribution in [0.15, 0.2) is 54.6 Å². The normalized spacial score (nSPS) is 10.7. The molecule has 23 heavy (non-hydrogen) atoms. The number of allylic oxidation sites excluding steroid dienone is 1. The van der Waals surface area contributed by atoms with Crippen LogP contribution in [-0.2, 0) is 12.8 Å². The highest BCUT2D eigenvalue weighted by Crippen LogP contribution is 2.26. The molecule has 0 aromatic heterocycles. The molecule has 0 aliphatic rings. The van der Waals surface area contributed by atoms with Crippen LogP contribution in [0, 0.1) is 5.82 Å². The minimum absolute atomic E-state index is 0.147. The second-order valence-corrected chi connectivity index (χ2v) is 6.22. The van der Waals surface area contributed by atoms with Crippen LogP contribution >= 0.6 is 0 Å². The molecule has 0 atom stereocenters. The molecule has 0 fully saturated rings. The lowest BCUT2D eigenvalue weighted by Crippen LogP contribution is -1.92. The third kappa shape index (κ3) is 5.06. The summed E-state index contributed by atoms with van der Waals surface area (Å²) >= 11 is 0. The summed E-state index contributed by atoms with van der Waals surface area (Å²) in [6.45, 7) is 8.46. The van der Waals surface area contributed by atoms with Crippen LogP contribution in [0.4, 0.5) is 4.39 Å². The molecular formula is C22H27F. The fourth-order valence-electron chi connectivity index (χ4n) is 2.78. The smallest absolute Gasteiger partial charge is 0.131 e. The predicted octanol–water partition coefficient (Wildman–Crippen LogP) is 6.73. The quantitative estimate of drug-likeness (QED) is 0.474. The van der Waals surface area contributed by atoms with Crippen LogP contribution in [0.25, 0.3) is 11.1 Å². The Kier molecular flexibility index (Phi) is 6.58. The van der Waals surface area contributed by atoms with Crippen molar-refractivity contribution in [3.63, 3.8) is 0 Å². The van der Waals surface area contributed by atoms with E-state index in [0.717, 1.165) is 31.2 Å². The number of aryl methyl sites for hydroxylation is 2. The van der Waals surface area contributed by atoms with Gasteiger partial charge < -0.3 is 0 Å². The molecule has 0 aliphatic carbocycles. The van der Waals surface area contributed by atoms with E-state index in [1.54, 1.807) is 6.07 Å². The van der Waals surface area contributed by atoms with Crippen LogP contribution in [0.1, 0.15) is 50.7 Å². The second-order valence-electron chi connectivity index (χ2n) is 6.22. The Labute approximate surface area is 140 Å². The summed E-state index contributed by atoms with van der Waals surface area (Å²) in [7, 11) is 0. The first kappa shape index (κ1) is 17.5. The summed E-state index contributed by atoms with van der Waals surface area (Å²) in [6, 6.07) is 13.7. The van der Waals surface area contributed by atoms with Crippen molar-refractivity contribution in [1.29, 1.82) is 0 Å². The highest BCUT2D eigenvalue weighted by atomic mass is 19.1. The van der Waals surface area contributed by atoms with E-state index in [4.69, 9.17) is 0 Å². The fraction of sp³-hybridized carbons (Fsp3) is 0.364. The van der Waals surface area contributed by atoms with Gasteiger partial charge in [-0.25, -0.2) is 4.39 Å². The molecule has 2 rings (SSSR count). The summed E-state index contributed by atoms with van der Waals surface area (Å²) < 4.78 is 14.2. The van der Waals surface area contributed by atoms with Gasteiger partial charge in [0, 0.05) is 5.56 Å². The molecule has 0 aliphatic heterocycles. The van der Waals surface area contributed by atoms with Crippen LogP contribution in [0.3, 0.4) is 0 Å². The van der Waals surface area contributed by atoms with Crippen molar-refractivity contribution in [2.75, 3.05) is 0 Å². The van der Waals surface area contributed by atoms with Gasteiger partial charge >= 0.3 is 0 Å². The molecule has 0 unspecified atom stereocenters. The first-order valence-corrected chi connectivity index (χ1v) is 8.68. The minimum atomic E-state index is -0.147. The molecule has 2 aromatic rings. The van der Waals surface area contributed by atoms with Crippen molar-refractivity contribution >= 4 is 0 Å². The van der Waals surface area contributed by atoms with Gasteiger partial charge in [0.15, 0.2) is 0 Å². The standard InChI is InChI=1S/C22H27F/c1-4-6-8-17(3)11-12-19-9-7-10-20(15-19)21-16-18(5-2)13-14-22(21)23/h7,9-10,13-16H,3-6,8,11-12H2,1-2H3. The molecule has 122 valence electrons. The van der Waals surface area contributed by atoms with Crippen molar-refractivity contribution in [1.82, 2.24) is 0 Å². The minimum Gasteiger partial charge on any atom is -0.206 e. The van der Waals surface area contributed by atoms with Crippen molar-refractivity contribution in [2.45, 2.75) is 52.4 Å². The monoisotopic (exact) mass is 310 g/mol. The highest BCUT2D eigenvalue weighted by Gasteiger charge is 2.07. The zero-order valence-electron chi connectivity index (χ0n) is 14.4. The number of unbranched alkanes of at least 4 members (excludes halogenated alkanes) is 1. The molecule has 0 nitrogen and oxygen atoms in total. The Hall–Kier alpha value is -1.89. The molecule has 0 amide bonds. The zero-order valence-corrected chi connectivity index (χ0v) is 14.4. The maximum absolute atomic E-state index is 14.2. The lowest BCUT2D eigenvalue weighted by Gasteiger charge is -2.09. The van der Waals surface area contributed by atoms with Crippen LogP contribution < -0.4 is 0 Å². The van der Waals surface area contributed by atoms with Crippen LogP contribution in [0.5, 0.6) is 0 Å². The van der Waals surface area contributed by atoms with Crippen LogP contribution in [-0.4, -0.2) is 0 Å². The van der Waals surface area contributed by atoms with E-state index in [1.165, 1.54) is 29.5 Å². The van der Waals surface area contributed by atoms with E-state index >= 15 is 0 Å². The third-order valence-electron chi connectivity index (χ3n) is 4.33. The van der Waals surface area contributed by atoms with Gasteiger partial charge in [0.1, 0.15) is 5.82 Å². The van der Waals surface area contributed by atoms with E-state index in [-0.39, 0.29) is 5.82 Å². The average Bonchev–Trinajstić information content (AvgIpc) is 2.58. The Morgan fingerprint density at radius 1 is 1.00 bits per heavy atom. The summed E-state index contributed by atoms with van der Waals surface area (Å²) in [4.78, 5) is 0. The summed E-state index contributed by atoms with van der Waals surface area (Å²) in [5.41, 5.74) is 5.41. The molecule has 0 heterocycles. The summed E-state index contributed by atoms with van der Waals surface area (Å²) in [5.74, 6) is -0.147. The van der Waals surface area contributed by atoms with Crippen molar-refractivity contribution < 1.29 is 4.39 Å². The number of rotatable bonds is 8.